The van der Waals surface area contributed by atoms with Crippen LogP contribution in [0.3, 0.4) is 0 Å². The Balaban J connectivity index is 2.14. The Labute approximate surface area is 97.2 Å². The third kappa shape index (κ3) is 2.39. The van der Waals surface area contributed by atoms with Crippen LogP contribution < -0.4 is 5.32 Å². The lowest BCUT2D eigenvalue weighted by Gasteiger charge is -2.05. The maximum absolute atomic E-state index is 10.8. The second-order valence-electron chi connectivity index (χ2n) is 3.43. The summed E-state index contributed by atoms with van der Waals surface area (Å²) >= 11 is 0. The molecule has 0 radical (unpaired) electrons. The van der Waals surface area contributed by atoms with E-state index in [0.717, 1.165) is 5.69 Å². The Morgan fingerprint density at radius 2 is 2.29 bits per heavy atom. The third-order valence-corrected chi connectivity index (χ3v) is 2.34. The fourth-order valence-electron chi connectivity index (χ4n) is 1.43. The maximum Gasteiger partial charge on any atom is 0.311 e. The van der Waals surface area contributed by atoms with Crippen LogP contribution in [-0.4, -0.2) is 19.7 Å². The van der Waals surface area contributed by atoms with Crippen molar-refractivity contribution in [2.45, 2.75) is 6.54 Å². The van der Waals surface area contributed by atoms with E-state index >= 15 is 0 Å². The van der Waals surface area contributed by atoms with Gasteiger partial charge in [0.05, 0.1) is 17.2 Å². The molecule has 17 heavy (non-hydrogen) atoms. The second-order valence-corrected chi connectivity index (χ2v) is 3.43. The number of nitrogens with one attached hydrogen (secondary N) is 1. The summed E-state index contributed by atoms with van der Waals surface area (Å²) in [7, 11) is 1.81. The Kier molecular flexibility index (Phi) is 2.99. The highest BCUT2D eigenvalue weighted by Gasteiger charge is 2.13. The molecule has 2 rings (SSSR count). The number of nitro groups is 1. The minimum atomic E-state index is -0.460. The summed E-state index contributed by atoms with van der Waals surface area (Å²) in [6.45, 7) is 0.439. The van der Waals surface area contributed by atoms with E-state index in [0.29, 0.717) is 6.54 Å². The lowest BCUT2D eigenvalue weighted by atomic mass is 10.3. The van der Waals surface area contributed by atoms with Gasteiger partial charge in [-0.1, -0.05) is 0 Å². The molecule has 0 saturated heterocycles. The SMILES string of the molecule is Cn1nccc1CNc1ncccc1[N+](=O)[O-]. The number of anilines is 1. The molecule has 1 N–H and O–H groups in total. The van der Waals surface area contributed by atoms with Crippen LogP contribution in [0.15, 0.2) is 30.6 Å². The van der Waals surface area contributed by atoms with Crippen molar-refractivity contribution >= 4 is 11.5 Å². The van der Waals surface area contributed by atoms with Gasteiger partial charge in [-0.3, -0.25) is 14.8 Å². The fourth-order valence-corrected chi connectivity index (χ4v) is 1.43. The van der Waals surface area contributed by atoms with Crippen molar-refractivity contribution in [3.63, 3.8) is 0 Å². The molecule has 0 amide bonds. The van der Waals surface area contributed by atoms with Crippen molar-refractivity contribution in [3.8, 4) is 0 Å². The third-order valence-electron chi connectivity index (χ3n) is 2.34. The molecule has 0 aliphatic heterocycles. The quantitative estimate of drug-likeness (QED) is 0.636. The number of nitrogens with zero attached hydrogens (tertiary/aromatic N) is 4. The van der Waals surface area contributed by atoms with E-state index in [1.54, 1.807) is 10.9 Å². The molecule has 0 aliphatic rings. The van der Waals surface area contributed by atoms with Crippen LogP contribution in [0.4, 0.5) is 11.5 Å². The van der Waals surface area contributed by atoms with Crippen molar-refractivity contribution in [1.82, 2.24) is 14.8 Å². The molecule has 7 nitrogen and oxygen atoms in total. The molecule has 0 unspecified atom stereocenters. The fraction of sp³-hybridized carbons (Fsp3) is 0.200. The van der Waals surface area contributed by atoms with Crippen molar-refractivity contribution in [3.05, 3.63) is 46.4 Å². The minimum absolute atomic E-state index is 0.0327. The van der Waals surface area contributed by atoms with Crippen LogP contribution >= 0.6 is 0 Å². The highest BCUT2D eigenvalue weighted by atomic mass is 16.6. The average molecular weight is 233 g/mol. The first kappa shape index (κ1) is 11.1. The summed E-state index contributed by atoms with van der Waals surface area (Å²) in [6.07, 6.45) is 3.18. The van der Waals surface area contributed by atoms with Gasteiger partial charge in [-0.05, 0) is 12.1 Å². The lowest BCUT2D eigenvalue weighted by molar-refractivity contribution is -0.384. The van der Waals surface area contributed by atoms with Crippen LogP contribution in [0.25, 0.3) is 0 Å². The summed E-state index contributed by atoms with van der Waals surface area (Å²) in [5, 5.41) is 17.7. The van der Waals surface area contributed by atoms with E-state index in [1.165, 1.54) is 18.3 Å². The van der Waals surface area contributed by atoms with Gasteiger partial charge < -0.3 is 5.32 Å². The van der Waals surface area contributed by atoms with Gasteiger partial charge in [-0.2, -0.15) is 5.10 Å². The minimum Gasteiger partial charge on any atom is -0.359 e. The predicted molar refractivity (Wildman–Crippen MR) is 61.4 cm³/mol. The molecule has 0 aliphatic carbocycles. The Bertz CT molecular complexity index is 537. The maximum atomic E-state index is 10.8. The molecule has 0 fully saturated rings. The van der Waals surface area contributed by atoms with Gasteiger partial charge in [0.1, 0.15) is 0 Å². The summed E-state index contributed by atoms with van der Waals surface area (Å²) in [5.41, 5.74) is 0.889. The van der Waals surface area contributed by atoms with Gasteiger partial charge in [-0.15, -0.1) is 0 Å². The van der Waals surface area contributed by atoms with Gasteiger partial charge in [0.25, 0.3) is 0 Å². The highest BCUT2D eigenvalue weighted by molar-refractivity contribution is 5.55. The van der Waals surface area contributed by atoms with Gasteiger partial charge in [0.2, 0.25) is 5.82 Å². The summed E-state index contributed by atoms with van der Waals surface area (Å²) in [5.74, 6) is 0.263. The molecular weight excluding hydrogens is 222 g/mol. The Morgan fingerprint density at radius 3 is 2.94 bits per heavy atom. The van der Waals surface area contributed by atoms with Crippen molar-refractivity contribution in [2.24, 2.45) is 7.05 Å². The molecule has 0 spiro atoms. The molecule has 0 bridgehead atoms. The van der Waals surface area contributed by atoms with Crippen molar-refractivity contribution in [1.29, 1.82) is 0 Å². The molecule has 88 valence electrons. The van der Waals surface area contributed by atoms with E-state index in [2.05, 4.69) is 15.4 Å². The van der Waals surface area contributed by atoms with Gasteiger partial charge in [0.15, 0.2) is 0 Å². The molecule has 2 heterocycles. The first-order valence-electron chi connectivity index (χ1n) is 4.98. The standard InChI is InChI=1S/C10H11N5O2/c1-14-8(4-6-13-14)7-12-10-9(15(16)17)3-2-5-11-10/h2-6H,7H2,1H3,(H,11,12). The van der Waals surface area contributed by atoms with Gasteiger partial charge in [0, 0.05) is 25.5 Å². The topological polar surface area (TPSA) is 85.9 Å². The summed E-state index contributed by atoms with van der Waals surface area (Å²) < 4.78 is 1.70. The number of pyridine rings is 1. The lowest BCUT2D eigenvalue weighted by Crippen LogP contribution is -2.08. The van der Waals surface area contributed by atoms with Crippen LogP contribution in [0.5, 0.6) is 0 Å². The van der Waals surface area contributed by atoms with E-state index in [1.807, 2.05) is 13.1 Å². The van der Waals surface area contributed by atoms with E-state index < -0.39 is 4.92 Å². The normalized spacial score (nSPS) is 10.2. The summed E-state index contributed by atoms with van der Waals surface area (Å²) in [6, 6.07) is 4.79. The van der Waals surface area contributed by atoms with Crippen LogP contribution in [0.1, 0.15) is 5.69 Å². The smallest absolute Gasteiger partial charge is 0.311 e. The van der Waals surface area contributed by atoms with Crippen molar-refractivity contribution in [2.75, 3.05) is 5.32 Å². The zero-order valence-electron chi connectivity index (χ0n) is 9.20. The number of rotatable bonds is 4. The Morgan fingerprint density at radius 1 is 1.47 bits per heavy atom. The molecule has 0 saturated carbocycles. The molecule has 2 aromatic rings. The zero-order valence-corrected chi connectivity index (χ0v) is 9.20. The number of aryl methyl sites for hydroxylation is 1. The first-order valence-corrected chi connectivity index (χ1v) is 4.98. The number of hydrogen-bond donors (Lipinski definition) is 1. The van der Waals surface area contributed by atoms with Gasteiger partial charge >= 0.3 is 5.69 Å². The van der Waals surface area contributed by atoms with Gasteiger partial charge in [-0.25, -0.2) is 4.98 Å². The molecule has 0 aromatic carbocycles. The molecule has 2 aromatic heterocycles. The van der Waals surface area contributed by atoms with Crippen LogP contribution in [0, 0.1) is 10.1 Å². The highest BCUT2D eigenvalue weighted by Crippen LogP contribution is 2.20. The predicted octanol–water partition coefficient (Wildman–Crippen LogP) is 1.34. The molecular formula is C10H11N5O2. The monoisotopic (exact) mass is 233 g/mol. The number of hydrogen-bond acceptors (Lipinski definition) is 5. The number of aromatic nitrogens is 3. The molecule has 7 heteroatoms. The van der Waals surface area contributed by atoms with Crippen molar-refractivity contribution < 1.29 is 4.92 Å². The zero-order chi connectivity index (χ0) is 12.3. The van der Waals surface area contributed by atoms with E-state index in [9.17, 15) is 10.1 Å². The van der Waals surface area contributed by atoms with Crippen LogP contribution in [-0.2, 0) is 13.6 Å². The first-order chi connectivity index (χ1) is 8.18. The molecule has 0 atom stereocenters. The largest absolute Gasteiger partial charge is 0.359 e. The Hall–Kier alpha value is -2.44. The average Bonchev–Trinajstić information content (AvgIpc) is 2.72. The summed E-state index contributed by atoms with van der Waals surface area (Å²) in [4.78, 5) is 14.2. The van der Waals surface area contributed by atoms with Crippen LogP contribution in [0.2, 0.25) is 0 Å². The van der Waals surface area contributed by atoms with E-state index in [4.69, 9.17) is 0 Å². The van der Waals surface area contributed by atoms with E-state index in [-0.39, 0.29) is 11.5 Å². The second kappa shape index (κ2) is 4.60.